The van der Waals surface area contributed by atoms with Crippen molar-refractivity contribution in [1.82, 2.24) is 0 Å². The zero-order valence-electron chi connectivity index (χ0n) is 9.97. The second-order valence-electron chi connectivity index (χ2n) is 3.34. The summed E-state index contributed by atoms with van der Waals surface area (Å²) in [6.45, 7) is 3.90. The number of benzene rings is 1. The minimum Gasteiger partial charge on any atom is -0.380 e. The highest BCUT2D eigenvalue weighted by Crippen LogP contribution is 2.11. The van der Waals surface area contributed by atoms with Crippen LogP contribution in [0.1, 0.15) is 0 Å². The van der Waals surface area contributed by atoms with E-state index in [0.29, 0.717) is 0 Å². The van der Waals surface area contributed by atoms with Gasteiger partial charge in [-0.05, 0) is 0 Å². The van der Waals surface area contributed by atoms with Crippen LogP contribution in [-0.4, -0.2) is 38.0 Å². The topological polar surface area (TPSA) is 27.7 Å². The second-order valence-corrected chi connectivity index (χ2v) is 11.9. The fourth-order valence-electron chi connectivity index (χ4n) is 1.78. The molecule has 16 heavy (non-hydrogen) atoms. The Kier molecular flexibility index (Phi) is 5.10. The van der Waals surface area contributed by atoms with Gasteiger partial charge in [0.1, 0.15) is 0 Å². The molecule has 1 atom stereocenters. The predicted molar refractivity (Wildman–Crippen MR) is 70.2 cm³/mol. The van der Waals surface area contributed by atoms with Gasteiger partial charge in [0.05, 0.1) is 0 Å². The van der Waals surface area contributed by atoms with E-state index in [9.17, 15) is 0 Å². The molecule has 0 aliphatic rings. The first-order chi connectivity index (χ1) is 7.74. The summed E-state index contributed by atoms with van der Waals surface area (Å²) in [4.78, 5) is 0. The first-order valence-electron chi connectivity index (χ1n) is 5.07. The van der Waals surface area contributed by atoms with Gasteiger partial charge in [0.2, 0.25) is 0 Å². The van der Waals surface area contributed by atoms with E-state index in [0.717, 1.165) is 0 Å². The molecule has 0 heterocycles. The summed E-state index contributed by atoms with van der Waals surface area (Å²) >= 11 is 0. The fourth-order valence-corrected chi connectivity index (χ4v) is 9.60. The molecule has 3 nitrogen and oxygen atoms in total. The molecular weight excluding hydrogens is 236 g/mol. The van der Waals surface area contributed by atoms with Crippen molar-refractivity contribution < 1.29 is 13.3 Å². The highest BCUT2D eigenvalue weighted by Gasteiger charge is 2.47. The standard InChI is InChI=1S/C11H18O3Si2/c1-5-15(11-9-7-6-8-10-11)16(12-2,13-3)14-4/h5-10,15H,1H2,2-4H3. The van der Waals surface area contributed by atoms with Crippen molar-refractivity contribution in [2.24, 2.45) is 0 Å². The molecule has 0 amide bonds. The third-order valence-corrected chi connectivity index (χ3v) is 12.8. The minimum atomic E-state index is -2.57. The van der Waals surface area contributed by atoms with E-state index in [2.05, 4.69) is 18.7 Å². The molecule has 88 valence electrons. The van der Waals surface area contributed by atoms with Crippen LogP contribution in [0.15, 0.2) is 42.6 Å². The van der Waals surface area contributed by atoms with Crippen molar-refractivity contribution in [2.75, 3.05) is 21.3 Å². The molecule has 1 unspecified atom stereocenters. The summed E-state index contributed by atoms with van der Waals surface area (Å²) in [7, 11) is 0.781. The summed E-state index contributed by atoms with van der Waals surface area (Å²) in [5.41, 5.74) is 1.96. The average Bonchev–Trinajstić information content (AvgIpc) is 2.37. The normalized spacial score (nSPS) is 13.4. The zero-order chi connectivity index (χ0) is 12.0. The molecule has 0 fully saturated rings. The molecule has 0 saturated heterocycles. The molecule has 0 saturated carbocycles. The molecular formula is C11H18O3Si2. The Hall–Kier alpha value is -0.726. The first kappa shape index (κ1) is 13.3. The third-order valence-electron chi connectivity index (χ3n) is 2.63. The molecule has 0 aliphatic heterocycles. The van der Waals surface area contributed by atoms with Gasteiger partial charge in [-0.2, -0.15) is 0 Å². The Labute approximate surface area is 99.4 Å². The molecule has 0 bridgehead atoms. The molecule has 0 radical (unpaired) electrons. The van der Waals surface area contributed by atoms with Crippen molar-refractivity contribution in [3.05, 3.63) is 42.6 Å². The van der Waals surface area contributed by atoms with Crippen LogP contribution in [0.2, 0.25) is 0 Å². The van der Waals surface area contributed by atoms with E-state index in [1.165, 1.54) is 5.19 Å². The number of rotatable bonds is 6. The largest absolute Gasteiger partial charge is 0.475 e. The first-order valence-corrected chi connectivity index (χ1v) is 9.84. The molecule has 1 aromatic carbocycles. The van der Waals surface area contributed by atoms with E-state index in [4.69, 9.17) is 13.3 Å². The van der Waals surface area contributed by atoms with E-state index < -0.39 is 16.6 Å². The Balaban J connectivity index is 3.10. The summed E-state index contributed by atoms with van der Waals surface area (Å²) in [5.74, 6) is 0. The predicted octanol–water partition coefficient (Wildman–Crippen LogP) is 0.802. The highest BCUT2D eigenvalue weighted by molar-refractivity contribution is 7.32. The van der Waals surface area contributed by atoms with Crippen molar-refractivity contribution in [3.63, 3.8) is 0 Å². The lowest BCUT2D eigenvalue weighted by Crippen LogP contribution is -2.62. The van der Waals surface area contributed by atoms with E-state index in [1.54, 1.807) is 21.3 Å². The number of hydrogen-bond donors (Lipinski definition) is 0. The molecule has 0 aromatic heterocycles. The quantitative estimate of drug-likeness (QED) is 0.703. The van der Waals surface area contributed by atoms with E-state index in [1.807, 2.05) is 23.9 Å². The van der Waals surface area contributed by atoms with Crippen LogP contribution in [0.25, 0.3) is 0 Å². The van der Waals surface area contributed by atoms with E-state index in [-0.39, 0.29) is 0 Å². The van der Waals surface area contributed by atoms with Crippen LogP contribution in [0.4, 0.5) is 0 Å². The molecule has 0 aliphatic carbocycles. The van der Waals surface area contributed by atoms with Gasteiger partial charge in [-0.25, -0.2) is 0 Å². The van der Waals surface area contributed by atoms with Gasteiger partial charge in [0.25, 0.3) is 0 Å². The lowest BCUT2D eigenvalue weighted by Gasteiger charge is -2.30. The van der Waals surface area contributed by atoms with Crippen LogP contribution in [0.3, 0.4) is 0 Å². The Morgan fingerprint density at radius 2 is 1.56 bits per heavy atom. The van der Waals surface area contributed by atoms with Crippen molar-refractivity contribution in [2.45, 2.75) is 0 Å². The van der Waals surface area contributed by atoms with Gasteiger partial charge in [-0.1, -0.05) is 41.2 Å². The smallest absolute Gasteiger partial charge is 0.380 e. The van der Waals surface area contributed by atoms with Crippen molar-refractivity contribution in [1.29, 1.82) is 0 Å². The minimum absolute atomic E-state index is 1.23. The van der Waals surface area contributed by atoms with Crippen LogP contribution >= 0.6 is 0 Å². The lowest BCUT2D eigenvalue weighted by atomic mass is 10.4. The van der Waals surface area contributed by atoms with Gasteiger partial charge in [0.15, 0.2) is 8.31 Å². The zero-order valence-corrected chi connectivity index (χ0v) is 12.1. The number of hydrogen-bond acceptors (Lipinski definition) is 3. The summed E-state index contributed by atoms with van der Waals surface area (Å²) < 4.78 is 16.6. The van der Waals surface area contributed by atoms with Crippen LogP contribution < -0.4 is 5.19 Å². The Morgan fingerprint density at radius 1 is 1.06 bits per heavy atom. The molecule has 1 rings (SSSR count). The Bertz CT molecular complexity index is 317. The molecule has 1 aromatic rings. The van der Waals surface area contributed by atoms with Gasteiger partial charge < -0.3 is 13.3 Å². The van der Waals surface area contributed by atoms with Gasteiger partial charge >= 0.3 is 8.32 Å². The lowest BCUT2D eigenvalue weighted by molar-refractivity contribution is 0.148. The van der Waals surface area contributed by atoms with E-state index >= 15 is 0 Å². The SMILES string of the molecule is C=C[SiH](c1ccccc1)[Si](OC)(OC)OC. The summed E-state index contributed by atoms with van der Waals surface area (Å²) in [6, 6.07) is 10.2. The second kappa shape index (κ2) is 6.12. The van der Waals surface area contributed by atoms with Gasteiger partial charge in [-0.15, -0.1) is 6.58 Å². The van der Waals surface area contributed by atoms with Crippen molar-refractivity contribution >= 4 is 21.8 Å². The maximum atomic E-state index is 5.53. The monoisotopic (exact) mass is 254 g/mol. The molecule has 0 N–H and O–H groups in total. The molecule has 0 spiro atoms. The Morgan fingerprint density at radius 3 is 1.94 bits per heavy atom. The maximum absolute atomic E-state index is 5.53. The van der Waals surface area contributed by atoms with Crippen LogP contribution in [0, 0.1) is 0 Å². The molecule has 5 heteroatoms. The fraction of sp³-hybridized carbons (Fsp3) is 0.273. The highest BCUT2D eigenvalue weighted by atomic mass is 29.3. The summed E-state index contributed by atoms with van der Waals surface area (Å²) in [5, 5.41) is 1.23. The van der Waals surface area contributed by atoms with Crippen LogP contribution in [0.5, 0.6) is 0 Å². The third kappa shape index (κ3) is 2.50. The van der Waals surface area contributed by atoms with Crippen molar-refractivity contribution in [3.8, 4) is 0 Å². The van der Waals surface area contributed by atoms with Gasteiger partial charge in [0, 0.05) is 21.3 Å². The summed E-state index contributed by atoms with van der Waals surface area (Å²) in [6.07, 6.45) is 0. The van der Waals surface area contributed by atoms with Gasteiger partial charge in [-0.3, -0.25) is 0 Å². The average molecular weight is 254 g/mol. The van der Waals surface area contributed by atoms with Crippen LogP contribution in [-0.2, 0) is 13.3 Å². The maximum Gasteiger partial charge on any atom is 0.475 e.